The zero-order valence-electron chi connectivity index (χ0n) is 9.28. The van der Waals surface area contributed by atoms with E-state index >= 15 is 0 Å². The fourth-order valence-corrected chi connectivity index (χ4v) is 1.40. The Morgan fingerprint density at radius 1 is 1.44 bits per heavy atom. The molecule has 3 nitrogen and oxygen atoms in total. The van der Waals surface area contributed by atoms with Crippen LogP contribution in [0.4, 0.5) is 0 Å². The van der Waals surface area contributed by atoms with Crippen molar-refractivity contribution in [3.63, 3.8) is 0 Å². The van der Waals surface area contributed by atoms with Crippen LogP contribution < -0.4 is 5.73 Å². The third-order valence-corrected chi connectivity index (χ3v) is 2.45. The van der Waals surface area contributed by atoms with E-state index in [1.54, 1.807) is 12.1 Å². The minimum absolute atomic E-state index is 0.243. The van der Waals surface area contributed by atoms with E-state index in [4.69, 9.17) is 22.1 Å². The van der Waals surface area contributed by atoms with Crippen LogP contribution in [-0.2, 0) is 16.1 Å². The van der Waals surface area contributed by atoms with E-state index in [9.17, 15) is 4.79 Å². The van der Waals surface area contributed by atoms with E-state index in [1.165, 1.54) is 0 Å². The lowest BCUT2D eigenvalue weighted by molar-refractivity contribution is -0.146. The number of rotatable bonds is 5. The second-order valence-corrected chi connectivity index (χ2v) is 4.07. The molecule has 1 unspecified atom stereocenters. The quantitative estimate of drug-likeness (QED) is 0.806. The van der Waals surface area contributed by atoms with Crippen molar-refractivity contribution in [3.8, 4) is 0 Å². The highest BCUT2D eigenvalue weighted by Gasteiger charge is 2.13. The molecular formula is C12H16ClNO2. The zero-order valence-corrected chi connectivity index (χ0v) is 10.0. The van der Waals surface area contributed by atoms with Crippen LogP contribution in [0.1, 0.15) is 25.3 Å². The maximum absolute atomic E-state index is 11.4. The number of hydrogen-bond acceptors (Lipinski definition) is 3. The van der Waals surface area contributed by atoms with Crippen molar-refractivity contribution in [2.75, 3.05) is 0 Å². The Hall–Kier alpha value is -1.06. The number of hydrogen-bond donors (Lipinski definition) is 1. The summed E-state index contributed by atoms with van der Waals surface area (Å²) in [5.74, 6) is -0.350. The van der Waals surface area contributed by atoms with Crippen LogP contribution in [0.25, 0.3) is 0 Å². The molecule has 1 aromatic carbocycles. The molecule has 88 valence electrons. The molecule has 0 heterocycles. The molecule has 0 aliphatic heterocycles. The molecule has 2 N–H and O–H groups in total. The molecule has 0 fully saturated rings. The van der Waals surface area contributed by atoms with Gasteiger partial charge in [-0.25, -0.2) is 0 Å². The van der Waals surface area contributed by atoms with E-state index in [2.05, 4.69) is 0 Å². The number of benzene rings is 1. The van der Waals surface area contributed by atoms with Crippen molar-refractivity contribution in [2.24, 2.45) is 5.73 Å². The van der Waals surface area contributed by atoms with Crippen molar-refractivity contribution < 1.29 is 9.53 Å². The second kappa shape index (κ2) is 6.51. The molecule has 0 bridgehead atoms. The first-order chi connectivity index (χ1) is 7.63. The van der Waals surface area contributed by atoms with Crippen LogP contribution in [0, 0.1) is 0 Å². The van der Waals surface area contributed by atoms with E-state index in [0.717, 1.165) is 12.0 Å². The lowest BCUT2D eigenvalue weighted by Gasteiger charge is -2.10. The third kappa shape index (κ3) is 4.21. The molecule has 0 amide bonds. The van der Waals surface area contributed by atoms with Gasteiger partial charge in [-0.05, 0) is 24.1 Å². The summed E-state index contributed by atoms with van der Waals surface area (Å²) in [5, 5.41) is 0.665. The summed E-state index contributed by atoms with van der Waals surface area (Å²) in [5.41, 5.74) is 6.52. The van der Waals surface area contributed by atoms with Crippen molar-refractivity contribution in [2.45, 2.75) is 32.4 Å². The van der Waals surface area contributed by atoms with Crippen LogP contribution in [0.5, 0.6) is 0 Å². The molecule has 0 aliphatic rings. The molecular weight excluding hydrogens is 226 g/mol. The maximum Gasteiger partial charge on any atom is 0.323 e. The van der Waals surface area contributed by atoms with Gasteiger partial charge in [-0.3, -0.25) is 4.79 Å². The molecule has 0 aromatic heterocycles. The van der Waals surface area contributed by atoms with Crippen LogP contribution in [0.2, 0.25) is 5.02 Å². The number of halogens is 1. The lowest BCUT2D eigenvalue weighted by Crippen LogP contribution is -2.31. The monoisotopic (exact) mass is 241 g/mol. The highest BCUT2D eigenvalue weighted by Crippen LogP contribution is 2.10. The molecule has 4 heteroatoms. The van der Waals surface area contributed by atoms with Crippen LogP contribution in [0.15, 0.2) is 24.3 Å². The SMILES string of the molecule is CCCC(N)C(=O)OCc1ccc(Cl)cc1. The third-order valence-electron chi connectivity index (χ3n) is 2.20. The number of ether oxygens (including phenoxy) is 1. The Kier molecular flexibility index (Phi) is 5.29. The van der Waals surface area contributed by atoms with Crippen molar-refractivity contribution in [1.29, 1.82) is 0 Å². The van der Waals surface area contributed by atoms with Crippen LogP contribution >= 0.6 is 11.6 Å². The molecule has 1 aromatic rings. The smallest absolute Gasteiger partial charge is 0.323 e. The Bertz CT molecular complexity index is 337. The molecule has 0 radical (unpaired) electrons. The van der Waals surface area contributed by atoms with Gasteiger partial charge in [0.15, 0.2) is 0 Å². The number of nitrogens with two attached hydrogens (primary N) is 1. The normalized spacial score (nSPS) is 12.2. The average Bonchev–Trinajstić information content (AvgIpc) is 2.28. The van der Waals surface area contributed by atoms with Gasteiger partial charge in [0.2, 0.25) is 0 Å². The van der Waals surface area contributed by atoms with Gasteiger partial charge >= 0.3 is 5.97 Å². The lowest BCUT2D eigenvalue weighted by atomic mass is 10.2. The van der Waals surface area contributed by atoms with E-state index in [-0.39, 0.29) is 12.6 Å². The summed E-state index contributed by atoms with van der Waals surface area (Å²) in [6, 6.07) is 6.65. The number of carbonyl (C=O) groups is 1. The minimum atomic E-state index is -0.516. The molecule has 1 rings (SSSR count). The van der Waals surface area contributed by atoms with Crippen molar-refractivity contribution in [3.05, 3.63) is 34.9 Å². The topological polar surface area (TPSA) is 52.3 Å². The molecule has 1 atom stereocenters. The highest BCUT2D eigenvalue weighted by molar-refractivity contribution is 6.30. The van der Waals surface area contributed by atoms with Crippen LogP contribution in [0.3, 0.4) is 0 Å². The van der Waals surface area contributed by atoms with Gasteiger partial charge in [-0.1, -0.05) is 37.1 Å². The molecule has 16 heavy (non-hydrogen) atoms. The summed E-state index contributed by atoms with van der Waals surface area (Å²) in [4.78, 5) is 11.4. The largest absolute Gasteiger partial charge is 0.460 e. The first-order valence-corrected chi connectivity index (χ1v) is 5.68. The predicted octanol–water partition coefficient (Wildman–Crippen LogP) is 2.51. The first-order valence-electron chi connectivity index (χ1n) is 5.30. The van der Waals surface area contributed by atoms with Gasteiger partial charge in [0.1, 0.15) is 12.6 Å². The number of carbonyl (C=O) groups excluding carboxylic acids is 1. The average molecular weight is 242 g/mol. The van der Waals surface area contributed by atoms with Crippen molar-refractivity contribution >= 4 is 17.6 Å². The highest BCUT2D eigenvalue weighted by atomic mass is 35.5. The van der Waals surface area contributed by atoms with Crippen molar-refractivity contribution in [1.82, 2.24) is 0 Å². The Labute approximate surface area is 101 Å². The second-order valence-electron chi connectivity index (χ2n) is 3.63. The summed E-state index contributed by atoms with van der Waals surface area (Å²) in [6.07, 6.45) is 1.52. The predicted molar refractivity (Wildman–Crippen MR) is 64.1 cm³/mol. The van der Waals surface area contributed by atoms with E-state index in [0.29, 0.717) is 11.4 Å². The van der Waals surface area contributed by atoms with E-state index in [1.807, 2.05) is 19.1 Å². The van der Waals surface area contributed by atoms with Gasteiger partial charge in [0, 0.05) is 5.02 Å². The Morgan fingerprint density at radius 3 is 2.62 bits per heavy atom. The molecule has 0 spiro atoms. The zero-order chi connectivity index (χ0) is 12.0. The fraction of sp³-hybridized carbons (Fsp3) is 0.417. The standard InChI is InChI=1S/C12H16ClNO2/c1-2-3-11(14)12(15)16-8-9-4-6-10(13)7-5-9/h4-7,11H,2-3,8,14H2,1H3. The Morgan fingerprint density at radius 2 is 2.06 bits per heavy atom. The fourth-order valence-electron chi connectivity index (χ4n) is 1.27. The maximum atomic E-state index is 11.4. The van der Waals surface area contributed by atoms with Gasteiger partial charge < -0.3 is 10.5 Å². The van der Waals surface area contributed by atoms with E-state index < -0.39 is 6.04 Å². The van der Waals surface area contributed by atoms with Gasteiger partial charge in [-0.15, -0.1) is 0 Å². The van der Waals surface area contributed by atoms with Gasteiger partial charge in [0.25, 0.3) is 0 Å². The minimum Gasteiger partial charge on any atom is -0.460 e. The molecule has 0 saturated carbocycles. The summed E-state index contributed by atoms with van der Waals surface area (Å²) < 4.78 is 5.08. The summed E-state index contributed by atoms with van der Waals surface area (Å²) >= 11 is 5.74. The van der Waals surface area contributed by atoms with Gasteiger partial charge in [0.05, 0.1) is 0 Å². The Balaban J connectivity index is 2.39. The summed E-state index contributed by atoms with van der Waals surface area (Å²) in [6.45, 7) is 2.22. The first kappa shape index (κ1) is 13.0. The van der Waals surface area contributed by atoms with Crippen LogP contribution in [-0.4, -0.2) is 12.0 Å². The molecule has 0 aliphatic carbocycles. The number of esters is 1. The summed E-state index contributed by atoms with van der Waals surface area (Å²) in [7, 11) is 0. The van der Waals surface area contributed by atoms with Gasteiger partial charge in [-0.2, -0.15) is 0 Å². The molecule has 0 saturated heterocycles.